The number of ether oxygens (including phenoxy) is 2. The predicted molar refractivity (Wildman–Crippen MR) is 123 cm³/mol. The van der Waals surface area contributed by atoms with Gasteiger partial charge in [-0.15, -0.1) is 0 Å². The van der Waals surface area contributed by atoms with E-state index in [1.807, 2.05) is 19.1 Å². The summed E-state index contributed by atoms with van der Waals surface area (Å²) in [6, 6.07) is 14.5. The van der Waals surface area contributed by atoms with Crippen molar-refractivity contribution in [1.29, 1.82) is 0 Å². The highest BCUT2D eigenvalue weighted by Crippen LogP contribution is 2.35. The van der Waals surface area contributed by atoms with Crippen molar-refractivity contribution in [2.24, 2.45) is 0 Å². The molecule has 0 amide bonds. The van der Waals surface area contributed by atoms with Crippen molar-refractivity contribution >= 4 is 27.5 Å². The maximum atomic E-state index is 13.2. The van der Waals surface area contributed by atoms with E-state index >= 15 is 0 Å². The van der Waals surface area contributed by atoms with E-state index in [0.717, 1.165) is 28.6 Å². The lowest BCUT2D eigenvalue weighted by Gasteiger charge is -2.16. The predicted octanol–water partition coefficient (Wildman–Crippen LogP) is 6.69. The standard InChI is InChI=1S/C24H23BrClF2NO2/c1-2-30-23-11-18(14-29-10-9-16-3-6-19(27)7-4-16)21(25)13-24(23)31-15-17-5-8-20(28)12-22(17)26/h3-8,11-13,29H,2,9-10,14-15H2,1H3. The highest BCUT2D eigenvalue weighted by atomic mass is 79.9. The zero-order valence-electron chi connectivity index (χ0n) is 17.1. The van der Waals surface area contributed by atoms with Crippen LogP contribution in [0.15, 0.2) is 59.1 Å². The number of benzene rings is 3. The van der Waals surface area contributed by atoms with Crippen molar-refractivity contribution in [2.45, 2.75) is 26.5 Å². The Hall–Kier alpha value is -2.15. The third-order valence-electron chi connectivity index (χ3n) is 4.63. The number of hydrogen-bond acceptors (Lipinski definition) is 3. The Morgan fingerprint density at radius 3 is 2.32 bits per heavy atom. The first kappa shape index (κ1) is 23.5. The van der Waals surface area contributed by atoms with E-state index in [4.69, 9.17) is 21.1 Å². The average molecular weight is 511 g/mol. The molecule has 7 heteroatoms. The van der Waals surface area contributed by atoms with Crippen LogP contribution in [0.5, 0.6) is 11.5 Å². The van der Waals surface area contributed by atoms with Gasteiger partial charge in [-0.05, 0) is 67.4 Å². The van der Waals surface area contributed by atoms with Crippen LogP contribution < -0.4 is 14.8 Å². The van der Waals surface area contributed by atoms with Gasteiger partial charge in [0.2, 0.25) is 0 Å². The Labute approximate surface area is 194 Å². The number of hydrogen-bond donors (Lipinski definition) is 1. The summed E-state index contributed by atoms with van der Waals surface area (Å²) in [5.74, 6) is 0.583. The molecule has 0 bridgehead atoms. The molecule has 0 atom stereocenters. The first-order valence-electron chi connectivity index (χ1n) is 9.93. The second-order valence-corrected chi connectivity index (χ2v) is 8.16. The summed E-state index contributed by atoms with van der Waals surface area (Å²) in [7, 11) is 0. The summed E-state index contributed by atoms with van der Waals surface area (Å²) in [4.78, 5) is 0. The molecular weight excluding hydrogens is 488 g/mol. The first-order valence-corrected chi connectivity index (χ1v) is 11.1. The van der Waals surface area contributed by atoms with Gasteiger partial charge in [-0.2, -0.15) is 0 Å². The monoisotopic (exact) mass is 509 g/mol. The Morgan fingerprint density at radius 2 is 1.61 bits per heavy atom. The molecule has 0 fully saturated rings. The molecule has 3 aromatic carbocycles. The minimum Gasteiger partial charge on any atom is -0.490 e. The molecule has 0 aliphatic heterocycles. The average Bonchev–Trinajstić information content (AvgIpc) is 2.74. The van der Waals surface area contributed by atoms with Crippen LogP contribution in [0.2, 0.25) is 5.02 Å². The summed E-state index contributed by atoms with van der Waals surface area (Å²) in [5.41, 5.74) is 2.79. The first-order chi connectivity index (χ1) is 15.0. The van der Waals surface area contributed by atoms with Crippen LogP contribution in [-0.4, -0.2) is 13.2 Å². The van der Waals surface area contributed by atoms with Crippen LogP contribution in [0.4, 0.5) is 8.78 Å². The van der Waals surface area contributed by atoms with E-state index in [1.54, 1.807) is 18.2 Å². The largest absolute Gasteiger partial charge is 0.490 e. The molecule has 0 aliphatic rings. The minimum atomic E-state index is -0.386. The van der Waals surface area contributed by atoms with Gasteiger partial charge in [0.25, 0.3) is 0 Å². The molecule has 3 nitrogen and oxygen atoms in total. The van der Waals surface area contributed by atoms with Gasteiger partial charge in [0, 0.05) is 16.6 Å². The summed E-state index contributed by atoms with van der Waals surface area (Å²) >= 11 is 9.68. The summed E-state index contributed by atoms with van der Waals surface area (Å²) < 4.78 is 38.8. The van der Waals surface area contributed by atoms with Gasteiger partial charge in [-0.3, -0.25) is 0 Å². The highest BCUT2D eigenvalue weighted by Gasteiger charge is 2.12. The second kappa shape index (κ2) is 11.5. The molecule has 0 heterocycles. The smallest absolute Gasteiger partial charge is 0.162 e. The molecule has 0 saturated carbocycles. The zero-order chi connectivity index (χ0) is 22.2. The second-order valence-electron chi connectivity index (χ2n) is 6.90. The van der Waals surface area contributed by atoms with Gasteiger partial charge in [0.05, 0.1) is 11.6 Å². The Morgan fingerprint density at radius 1 is 0.903 bits per heavy atom. The van der Waals surface area contributed by atoms with Crippen LogP contribution >= 0.6 is 27.5 Å². The summed E-state index contributed by atoms with van der Waals surface area (Å²) in [6.45, 7) is 3.98. The van der Waals surface area contributed by atoms with Crippen molar-refractivity contribution in [3.8, 4) is 11.5 Å². The third-order valence-corrected chi connectivity index (χ3v) is 5.72. The highest BCUT2D eigenvalue weighted by molar-refractivity contribution is 9.10. The fourth-order valence-electron chi connectivity index (χ4n) is 2.99. The molecular formula is C24H23BrClF2NO2. The van der Waals surface area contributed by atoms with Gasteiger partial charge in [0.15, 0.2) is 11.5 Å². The lowest BCUT2D eigenvalue weighted by atomic mass is 10.1. The topological polar surface area (TPSA) is 30.5 Å². The van der Waals surface area contributed by atoms with E-state index in [2.05, 4.69) is 21.2 Å². The summed E-state index contributed by atoms with van der Waals surface area (Å²) in [6.07, 6.45) is 0.801. The molecule has 0 spiro atoms. The maximum Gasteiger partial charge on any atom is 0.162 e. The molecule has 0 saturated heterocycles. The molecule has 0 aromatic heterocycles. The van der Waals surface area contributed by atoms with Crippen molar-refractivity contribution in [3.63, 3.8) is 0 Å². The Kier molecular flexibility index (Phi) is 8.69. The minimum absolute atomic E-state index is 0.195. The van der Waals surface area contributed by atoms with Gasteiger partial charge in [0.1, 0.15) is 18.2 Å². The number of rotatable bonds is 10. The van der Waals surface area contributed by atoms with Crippen LogP contribution in [0.3, 0.4) is 0 Å². The van der Waals surface area contributed by atoms with E-state index in [1.165, 1.54) is 24.3 Å². The Balaban J connectivity index is 1.62. The van der Waals surface area contributed by atoms with E-state index < -0.39 is 0 Å². The Bertz CT molecular complexity index is 1020. The fourth-order valence-corrected chi connectivity index (χ4v) is 3.68. The van der Waals surface area contributed by atoms with E-state index in [0.29, 0.717) is 35.2 Å². The van der Waals surface area contributed by atoms with Crippen LogP contribution in [0.25, 0.3) is 0 Å². The zero-order valence-corrected chi connectivity index (χ0v) is 19.4. The molecule has 1 N–H and O–H groups in total. The van der Waals surface area contributed by atoms with E-state index in [9.17, 15) is 8.78 Å². The van der Waals surface area contributed by atoms with Crippen molar-refractivity contribution in [2.75, 3.05) is 13.2 Å². The summed E-state index contributed by atoms with van der Waals surface area (Å²) in [5, 5.41) is 3.71. The molecule has 3 aromatic rings. The van der Waals surface area contributed by atoms with Gasteiger partial charge in [-0.25, -0.2) is 8.78 Å². The third kappa shape index (κ3) is 6.92. The quantitative estimate of drug-likeness (QED) is 0.308. The normalized spacial score (nSPS) is 10.9. The molecule has 31 heavy (non-hydrogen) atoms. The number of halogens is 4. The molecule has 3 rings (SSSR count). The van der Waals surface area contributed by atoms with Gasteiger partial charge in [-0.1, -0.05) is 45.7 Å². The molecule has 0 radical (unpaired) electrons. The van der Waals surface area contributed by atoms with Crippen LogP contribution in [0.1, 0.15) is 23.6 Å². The van der Waals surface area contributed by atoms with Gasteiger partial charge >= 0.3 is 0 Å². The molecule has 0 aliphatic carbocycles. The van der Waals surface area contributed by atoms with Crippen LogP contribution in [-0.2, 0) is 19.6 Å². The fraction of sp³-hybridized carbons (Fsp3) is 0.250. The maximum absolute atomic E-state index is 13.2. The van der Waals surface area contributed by atoms with E-state index in [-0.39, 0.29) is 18.2 Å². The molecule has 164 valence electrons. The van der Waals surface area contributed by atoms with Crippen molar-refractivity contribution in [3.05, 3.63) is 92.4 Å². The van der Waals surface area contributed by atoms with Gasteiger partial charge < -0.3 is 14.8 Å². The lowest BCUT2D eigenvalue weighted by Crippen LogP contribution is -2.17. The lowest BCUT2D eigenvalue weighted by molar-refractivity contribution is 0.269. The van der Waals surface area contributed by atoms with Crippen molar-refractivity contribution < 1.29 is 18.3 Å². The SMILES string of the molecule is CCOc1cc(CNCCc2ccc(F)cc2)c(Br)cc1OCc1ccc(F)cc1Cl. The van der Waals surface area contributed by atoms with Crippen molar-refractivity contribution in [1.82, 2.24) is 5.32 Å². The number of nitrogens with one attached hydrogen (secondary N) is 1. The van der Waals surface area contributed by atoms with Crippen LogP contribution in [0, 0.1) is 11.6 Å². The molecule has 0 unspecified atom stereocenters.